The van der Waals surface area contributed by atoms with Crippen LogP contribution in [0.25, 0.3) is 0 Å². The number of carboxylic acid groups (broad SMARTS) is 1. The Bertz CT molecular complexity index is 595. The molecule has 1 atom stereocenters. The van der Waals surface area contributed by atoms with Gasteiger partial charge in [0.2, 0.25) is 5.01 Å². The fourth-order valence-electron chi connectivity index (χ4n) is 1.28. The van der Waals surface area contributed by atoms with E-state index in [4.69, 9.17) is 16.7 Å². The Labute approximate surface area is 115 Å². The van der Waals surface area contributed by atoms with E-state index in [-0.39, 0.29) is 10.8 Å². The summed E-state index contributed by atoms with van der Waals surface area (Å²) in [6.07, 6.45) is 0. The summed E-state index contributed by atoms with van der Waals surface area (Å²) in [4.78, 5) is 15.2. The van der Waals surface area contributed by atoms with Gasteiger partial charge in [-0.05, 0) is 24.3 Å². The third-order valence-corrected chi connectivity index (χ3v) is 4.58. The van der Waals surface area contributed by atoms with Crippen LogP contribution in [0.4, 0.5) is 0 Å². The number of aromatic carboxylic acids is 1. The molecule has 2 aromatic rings. The highest BCUT2D eigenvalue weighted by molar-refractivity contribution is 7.84. The number of thiazole rings is 1. The zero-order valence-electron chi connectivity index (χ0n) is 9.00. The zero-order chi connectivity index (χ0) is 13.1. The van der Waals surface area contributed by atoms with Gasteiger partial charge in [0, 0.05) is 15.3 Å². The van der Waals surface area contributed by atoms with Gasteiger partial charge in [-0.2, -0.15) is 0 Å². The Hall–Kier alpha value is -1.24. The van der Waals surface area contributed by atoms with Crippen molar-refractivity contribution in [2.24, 2.45) is 0 Å². The van der Waals surface area contributed by atoms with E-state index in [9.17, 15) is 9.00 Å². The zero-order valence-corrected chi connectivity index (χ0v) is 11.4. The largest absolute Gasteiger partial charge is 0.476 e. The van der Waals surface area contributed by atoms with Gasteiger partial charge in [-0.25, -0.2) is 9.78 Å². The molecule has 1 heterocycles. The van der Waals surface area contributed by atoms with Crippen LogP contribution in [0.3, 0.4) is 0 Å². The molecule has 0 saturated carbocycles. The monoisotopic (exact) mass is 301 g/mol. The van der Waals surface area contributed by atoms with Crippen molar-refractivity contribution >= 4 is 39.7 Å². The molecule has 4 nitrogen and oxygen atoms in total. The van der Waals surface area contributed by atoms with Crippen molar-refractivity contribution in [3.05, 3.63) is 45.4 Å². The van der Waals surface area contributed by atoms with E-state index < -0.39 is 16.8 Å². The third-order valence-electron chi connectivity index (χ3n) is 2.09. The van der Waals surface area contributed by atoms with Crippen LogP contribution in [0.2, 0.25) is 5.02 Å². The van der Waals surface area contributed by atoms with E-state index in [1.807, 2.05) is 0 Å². The highest BCUT2D eigenvalue weighted by Crippen LogP contribution is 2.17. The quantitative estimate of drug-likeness (QED) is 0.943. The number of aromatic nitrogens is 1. The van der Waals surface area contributed by atoms with Gasteiger partial charge >= 0.3 is 5.97 Å². The van der Waals surface area contributed by atoms with Crippen molar-refractivity contribution < 1.29 is 14.1 Å². The molecule has 0 aliphatic heterocycles. The third kappa shape index (κ3) is 3.16. The van der Waals surface area contributed by atoms with Gasteiger partial charge in [0.1, 0.15) is 0 Å². The smallest absolute Gasteiger partial charge is 0.365 e. The number of hydrogen-bond donors (Lipinski definition) is 1. The highest BCUT2D eigenvalue weighted by atomic mass is 35.5. The van der Waals surface area contributed by atoms with Crippen LogP contribution in [0.15, 0.2) is 34.5 Å². The lowest BCUT2D eigenvalue weighted by Gasteiger charge is -2.00. The predicted molar refractivity (Wildman–Crippen MR) is 70.6 cm³/mol. The number of benzene rings is 1. The first-order valence-corrected chi connectivity index (χ1v) is 7.45. The number of hydrogen-bond acceptors (Lipinski definition) is 4. The van der Waals surface area contributed by atoms with E-state index in [1.165, 1.54) is 0 Å². The lowest BCUT2D eigenvalue weighted by molar-refractivity contribution is 0.0696. The van der Waals surface area contributed by atoms with E-state index in [0.717, 1.165) is 11.3 Å². The van der Waals surface area contributed by atoms with E-state index in [2.05, 4.69) is 4.98 Å². The number of halogens is 1. The van der Waals surface area contributed by atoms with Gasteiger partial charge in [-0.3, -0.25) is 4.21 Å². The number of rotatable bonds is 4. The van der Waals surface area contributed by atoms with Crippen LogP contribution in [-0.4, -0.2) is 20.3 Å². The summed E-state index contributed by atoms with van der Waals surface area (Å²) in [5, 5.41) is 10.9. The molecule has 94 valence electrons. The second kappa shape index (κ2) is 5.60. The Balaban J connectivity index is 2.11. The summed E-state index contributed by atoms with van der Waals surface area (Å²) < 4.78 is 12.0. The molecule has 0 aliphatic rings. The molecule has 7 heteroatoms. The molecule has 18 heavy (non-hydrogen) atoms. The normalized spacial score (nSPS) is 12.3. The van der Waals surface area contributed by atoms with E-state index >= 15 is 0 Å². The van der Waals surface area contributed by atoms with Crippen LogP contribution in [-0.2, 0) is 16.6 Å². The Kier molecular flexibility index (Phi) is 4.11. The fourth-order valence-corrected chi connectivity index (χ4v) is 3.18. The number of carboxylic acids is 1. The molecule has 0 spiro atoms. The van der Waals surface area contributed by atoms with E-state index in [1.54, 1.807) is 29.6 Å². The minimum Gasteiger partial charge on any atom is -0.476 e. The SMILES string of the molecule is O=C(O)c1nc(CS(=O)c2ccc(Cl)cc2)cs1. The molecule has 1 N–H and O–H groups in total. The molecular weight excluding hydrogens is 294 g/mol. The summed E-state index contributed by atoms with van der Waals surface area (Å²) in [5.41, 5.74) is 0.519. The number of carbonyl (C=O) groups is 1. The van der Waals surface area contributed by atoms with Crippen LogP contribution in [0.1, 0.15) is 15.5 Å². The van der Waals surface area contributed by atoms with Crippen molar-refractivity contribution in [1.82, 2.24) is 4.98 Å². The molecule has 0 bridgehead atoms. The lowest BCUT2D eigenvalue weighted by atomic mass is 10.4. The second-order valence-corrected chi connectivity index (χ2v) is 6.14. The van der Waals surface area contributed by atoms with Gasteiger partial charge in [-0.15, -0.1) is 11.3 Å². The maximum Gasteiger partial charge on any atom is 0.365 e. The first kappa shape index (κ1) is 13.2. The summed E-state index contributed by atoms with van der Waals surface area (Å²) in [5.74, 6) is -0.866. The van der Waals surface area contributed by atoms with Crippen LogP contribution in [0.5, 0.6) is 0 Å². The average Bonchev–Trinajstić information content (AvgIpc) is 2.78. The molecule has 2 rings (SSSR count). The van der Waals surface area contributed by atoms with Gasteiger partial charge in [0.05, 0.1) is 22.2 Å². The second-order valence-electron chi connectivity index (χ2n) is 3.39. The fraction of sp³-hybridized carbons (Fsp3) is 0.0909. The molecule has 0 amide bonds. The maximum absolute atomic E-state index is 12.0. The molecule has 1 aromatic carbocycles. The Morgan fingerprint density at radius 1 is 1.39 bits per heavy atom. The van der Waals surface area contributed by atoms with Crippen LogP contribution in [0, 0.1) is 0 Å². The van der Waals surface area contributed by atoms with E-state index in [0.29, 0.717) is 15.6 Å². The Morgan fingerprint density at radius 3 is 2.61 bits per heavy atom. The summed E-state index contributed by atoms with van der Waals surface area (Å²) in [6.45, 7) is 0. The standard InChI is InChI=1S/C11H8ClNO3S2/c12-7-1-3-9(4-2-7)18(16)6-8-5-17-10(13-8)11(14)15/h1-5H,6H2,(H,14,15). The summed E-state index contributed by atoms with van der Waals surface area (Å²) in [6, 6.07) is 6.70. The minimum absolute atomic E-state index is 0.0121. The molecule has 0 radical (unpaired) electrons. The average molecular weight is 302 g/mol. The van der Waals surface area contributed by atoms with Crippen molar-refractivity contribution in [2.45, 2.75) is 10.6 Å². The molecule has 0 saturated heterocycles. The van der Waals surface area contributed by atoms with Crippen molar-refractivity contribution in [3.8, 4) is 0 Å². The first-order chi connectivity index (χ1) is 8.56. The topological polar surface area (TPSA) is 67.3 Å². The van der Waals surface area contributed by atoms with Gasteiger partial charge in [0.25, 0.3) is 0 Å². The van der Waals surface area contributed by atoms with Crippen molar-refractivity contribution in [2.75, 3.05) is 0 Å². The maximum atomic E-state index is 12.0. The first-order valence-electron chi connectivity index (χ1n) is 4.88. The van der Waals surface area contributed by atoms with Crippen LogP contribution < -0.4 is 0 Å². The van der Waals surface area contributed by atoms with Crippen molar-refractivity contribution in [1.29, 1.82) is 0 Å². The molecular formula is C11H8ClNO3S2. The van der Waals surface area contributed by atoms with Crippen LogP contribution >= 0.6 is 22.9 Å². The lowest BCUT2D eigenvalue weighted by Crippen LogP contribution is -1.99. The highest BCUT2D eigenvalue weighted by Gasteiger charge is 2.12. The van der Waals surface area contributed by atoms with Gasteiger partial charge in [0.15, 0.2) is 0 Å². The summed E-state index contributed by atoms with van der Waals surface area (Å²) >= 11 is 6.77. The molecule has 0 fully saturated rings. The minimum atomic E-state index is -1.25. The van der Waals surface area contributed by atoms with Gasteiger partial charge in [-0.1, -0.05) is 11.6 Å². The molecule has 1 aromatic heterocycles. The predicted octanol–water partition coefficient (Wildman–Crippen LogP) is 2.80. The molecule has 1 unspecified atom stereocenters. The molecule has 0 aliphatic carbocycles. The van der Waals surface area contributed by atoms with Crippen molar-refractivity contribution in [3.63, 3.8) is 0 Å². The summed E-state index contributed by atoms with van der Waals surface area (Å²) in [7, 11) is -1.25. The Morgan fingerprint density at radius 2 is 2.06 bits per heavy atom. The van der Waals surface area contributed by atoms with Gasteiger partial charge < -0.3 is 5.11 Å². The number of nitrogens with zero attached hydrogens (tertiary/aromatic N) is 1.